The van der Waals surface area contributed by atoms with Crippen molar-refractivity contribution < 1.29 is 0 Å². The summed E-state index contributed by atoms with van der Waals surface area (Å²) in [5.41, 5.74) is 1.38. The molecule has 0 saturated carbocycles. The first-order valence-electron chi connectivity index (χ1n) is 5.44. The second-order valence-corrected chi connectivity index (χ2v) is 3.49. The van der Waals surface area contributed by atoms with Crippen LogP contribution < -0.4 is 0 Å². The maximum atomic E-state index is 2.33. The van der Waals surface area contributed by atoms with E-state index in [0.29, 0.717) is 6.04 Å². The highest BCUT2D eigenvalue weighted by atomic mass is 32.1. The molecule has 0 unspecified atom stereocenters. The van der Waals surface area contributed by atoms with E-state index in [1.54, 1.807) is 0 Å². The zero-order chi connectivity index (χ0) is 11.0. The van der Waals surface area contributed by atoms with E-state index in [9.17, 15) is 0 Å². The van der Waals surface area contributed by atoms with Crippen LogP contribution in [0.25, 0.3) is 0 Å². The first-order valence-corrected chi connectivity index (χ1v) is 5.44. The Kier molecular flexibility index (Phi) is 11.4. The zero-order valence-electron chi connectivity index (χ0n) is 10.6. The maximum Gasteiger partial charge on any atom is 0.0233 e. The van der Waals surface area contributed by atoms with Gasteiger partial charge >= 0.3 is 0 Å². The highest BCUT2D eigenvalue weighted by molar-refractivity contribution is 7.59. The SMILES string of the molecule is CC.CC(C)N(C)Cc1ccccc1.S. The van der Waals surface area contributed by atoms with Gasteiger partial charge in [-0.25, -0.2) is 0 Å². The lowest BCUT2D eigenvalue weighted by Crippen LogP contribution is -2.25. The highest BCUT2D eigenvalue weighted by Gasteiger charge is 2.02. The van der Waals surface area contributed by atoms with Crippen molar-refractivity contribution in [3.8, 4) is 0 Å². The van der Waals surface area contributed by atoms with Crippen LogP contribution in [0.3, 0.4) is 0 Å². The van der Waals surface area contributed by atoms with E-state index in [4.69, 9.17) is 0 Å². The average Bonchev–Trinajstić information content (AvgIpc) is 2.22. The fourth-order valence-electron chi connectivity index (χ4n) is 1.05. The largest absolute Gasteiger partial charge is 0.300 e. The minimum Gasteiger partial charge on any atom is -0.300 e. The number of hydrogen-bond acceptors (Lipinski definition) is 1. The summed E-state index contributed by atoms with van der Waals surface area (Å²) in [4.78, 5) is 2.33. The van der Waals surface area contributed by atoms with E-state index in [-0.39, 0.29) is 13.5 Å². The molecule has 0 aliphatic rings. The van der Waals surface area contributed by atoms with E-state index in [1.807, 2.05) is 13.8 Å². The summed E-state index contributed by atoms with van der Waals surface area (Å²) in [6.45, 7) is 9.46. The van der Waals surface area contributed by atoms with Gasteiger partial charge < -0.3 is 0 Å². The summed E-state index contributed by atoms with van der Waals surface area (Å²) in [7, 11) is 2.15. The minimum absolute atomic E-state index is 0. The first kappa shape index (κ1) is 16.9. The van der Waals surface area contributed by atoms with Gasteiger partial charge in [-0.2, -0.15) is 13.5 Å². The Balaban J connectivity index is 0. The van der Waals surface area contributed by atoms with Gasteiger partial charge in [0.15, 0.2) is 0 Å². The van der Waals surface area contributed by atoms with Crippen LogP contribution in [0.1, 0.15) is 33.3 Å². The van der Waals surface area contributed by atoms with Crippen molar-refractivity contribution in [2.24, 2.45) is 0 Å². The van der Waals surface area contributed by atoms with Gasteiger partial charge in [-0.15, -0.1) is 0 Å². The molecule has 1 rings (SSSR count). The van der Waals surface area contributed by atoms with Crippen LogP contribution >= 0.6 is 13.5 Å². The van der Waals surface area contributed by atoms with Crippen LogP contribution in [-0.4, -0.2) is 18.0 Å². The van der Waals surface area contributed by atoms with Gasteiger partial charge in [0.05, 0.1) is 0 Å². The molecule has 2 heteroatoms. The summed E-state index contributed by atoms with van der Waals surface area (Å²) in [6.07, 6.45) is 0. The lowest BCUT2D eigenvalue weighted by molar-refractivity contribution is 0.266. The molecule has 0 bridgehead atoms. The lowest BCUT2D eigenvalue weighted by atomic mass is 10.2. The molecule has 0 spiro atoms. The maximum absolute atomic E-state index is 2.33. The van der Waals surface area contributed by atoms with Crippen molar-refractivity contribution in [3.63, 3.8) is 0 Å². The van der Waals surface area contributed by atoms with Gasteiger partial charge in [-0.3, -0.25) is 4.90 Å². The highest BCUT2D eigenvalue weighted by Crippen LogP contribution is 2.04. The molecule has 0 atom stereocenters. The van der Waals surface area contributed by atoms with Gasteiger partial charge in [-0.1, -0.05) is 44.2 Å². The van der Waals surface area contributed by atoms with Crippen molar-refractivity contribution in [1.82, 2.24) is 4.90 Å². The normalized spacial score (nSPS) is 9.27. The number of rotatable bonds is 3. The molecule has 0 N–H and O–H groups in total. The summed E-state index contributed by atoms with van der Waals surface area (Å²) in [5.74, 6) is 0. The summed E-state index contributed by atoms with van der Waals surface area (Å²) in [6, 6.07) is 11.2. The number of hydrogen-bond donors (Lipinski definition) is 0. The predicted molar refractivity (Wildman–Crippen MR) is 74.8 cm³/mol. The third-order valence-electron chi connectivity index (χ3n) is 2.16. The molecule has 1 nitrogen and oxygen atoms in total. The van der Waals surface area contributed by atoms with Crippen molar-refractivity contribution in [2.45, 2.75) is 40.3 Å². The Labute approximate surface area is 102 Å². The molecular formula is C13H25NS. The molecule has 15 heavy (non-hydrogen) atoms. The van der Waals surface area contributed by atoms with Crippen molar-refractivity contribution in [1.29, 1.82) is 0 Å². The Morgan fingerprint density at radius 1 is 1.07 bits per heavy atom. The van der Waals surface area contributed by atoms with E-state index in [2.05, 4.69) is 56.1 Å². The van der Waals surface area contributed by atoms with Crippen LogP contribution in [0.4, 0.5) is 0 Å². The van der Waals surface area contributed by atoms with Gasteiger partial charge in [0.25, 0.3) is 0 Å². The third-order valence-corrected chi connectivity index (χ3v) is 2.16. The monoisotopic (exact) mass is 227 g/mol. The smallest absolute Gasteiger partial charge is 0.0233 e. The topological polar surface area (TPSA) is 3.24 Å². The molecule has 0 aliphatic heterocycles. The molecule has 0 heterocycles. The fraction of sp³-hybridized carbons (Fsp3) is 0.538. The number of nitrogens with zero attached hydrogens (tertiary/aromatic N) is 1. The van der Waals surface area contributed by atoms with Crippen LogP contribution in [0.15, 0.2) is 30.3 Å². The van der Waals surface area contributed by atoms with Gasteiger partial charge in [-0.05, 0) is 26.5 Å². The molecule has 1 aromatic carbocycles. The summed E-state index contributed by atoms with van der Waals surface area (Å²) < 4.78 is 0. The second kappa shape index (κ2) is 10.1. The first-order chi connectivity index (χ1) is 6.70. The summed E-state index contributed by atoms with van der Waals surface area (Å²) in [5, 5.41) is 0. The quantitative estimate of drug-likeness (QED) is 0.761. The van der Waals surface area contributed by atoms with Crippen molar-refractivity contribution in [3.05, 3.63) is 35.9 Å². The Hall–Kier alpha value is -0.470. The molecule has 0 radical (unpaired) electrons. The fourth-order valence-corrected chi connectivity index (χ4v) is 1.05. The standard InChI is InChI=1S/C11H17N.C2H6.H2S/c1-10(2)12(3)9-11-7-5-4-6-8-11;1-2;/h4-8,10H,9H2,1-3H3;1-2H3;1H2. The zero-order valence-corrected chi connectivity index (χ0v) is 11.6. The second-order valence-electron chi connectivity index (χ2n) is 3.49. The van der Waals surface area contributed by atoms with Gasteiger partial charge in [0.2, 0.25) is 0 Å². The molecule has 88 valence electrons. The van der Waals surface area contributed by atoms with E-state index >= 15 is 0 Å². The van der Waals surface area contributed by atoms with Crippen molar-refractivity contribution in [2.75, 3.05) is 7.05 Å². The number of benzene rings is 1. The van der Waals surface area contributed by atoms with Crippen molar-refractivity contribution >= 4 is 13.5 Å². The van der Waals surface area contributed by atoms with Crippen LogP contribution in [-0.2, 0) is 6.54 Å². The van der Waals surface area contributed by atoms with E-state index in [1.165, 1.54) is 5.56 Å². The molecule has 0 aliphatic carbocycles. The van der Waals surface area contributed by atoms with Gasteiger partial charge in [0.1, 0.15) is 0 Å². The Morgan fingerprint density at radius 2 is 1.53 bits per heavy atom. The van der Waals surface area contributed by atoms with E-state index in [0.717, 1.165) is 6.54 Å². The predicted octanol–water partition coefficient (Wildman–Crippen LogP) is 3.67. The third kappa shape index (κ3) is 7.46. The van der Waals surface area contributed by atoms with E-state index < -0.39 is 0 Å². The molecule has 0 saturated heterocycles. The Morgan fingerprint density at radius 3 is 1.93 bits per heavy atom. The van der Waals surface area contributed by atoms with Crippen LogP contribution in [0.2, 0.25) is 0 Å². The molecular weight excluding hydrogens is 202 g/mol. The molecule has 0 aromatic heterocycles. The van der Waals surface area contributed by atoms with Gasteiger partial charge in [0, 0.05) is 12.6 Å². The minimum atomic E-state index is 0. The average molecular weight is 227 g/mol. The lowest BCUT2D eigenvalue weighted by Gasteiger charge is -2.20. The molecule has 1 aromatic rings. The van der Waals surface area contributed by atoms with Crippen LogP contribution in [0.5, 0.6) is 0 Å². The summed E-state index contributed by atoms with van der Waals surface area (Å²) >= 11 is 0. The van der Waals surface area contributed by atoms with Crippen LogP contribution in [0, 0.1) is 0 Å². The molecule has 0 amide bonds. The molecule has 0 fully saturated rings. The Bertz CT molecular complexity index is 221.